The fraction of sp³-hybridized carbons (Fsp3) is 0.300. The van der Waals surface area contributed by atoms with Crippen molar-refractivity contribution < 1.29 is 4.79 Å². The average Bonchev–Trinajstić information content (AvgIpc) is 3.37. The maximum atomic E-state index is 13.1. The van der Waals surface area contributed by atoms with E-state index < -0.39 is 11.1 Å². The van der Waals surface area contributed by atoms with Gasteiger partial charge in [-0.05, 0) is 49.1 Å². The molecule has 1 aromatic heterocycles. The molecule has 0 aliphatic carbocycles. The standard InChI is InChI=1S/C30H32N4O3/c1-22-11-13-24(14-12-22)18-32-16-15-25(19-32)17-31-28(35)21-34-27-10-6-5-9-26(27)33(29(36)30(34)37)20-23-7-3-2-4-8-23/h2-14,25H,15-21H2,1H3,(H,31,35). The number of hydrogen-bond acceptors (Lipinski definition) is 4. The van der Waals surface area contributed by atoms with Crippen LogP contribution in [0.5, 0.6) is 0 Å². The van der Waals surface area contributed by atoms with Crippen molar-refractivity contribution in [1.29, 1.82) is 0 Å². The second-order valence-corrected chi connectivity index (χ2v) is 9.94. The molecule has 1 saturated heterocycles. The van der Waals surface area contributed by atoms with Crippen LogP contribution in [0, 0.1) is 12.8 Å². The molecule has 1 N–H and O–H groups in total. The highest BCUT2D eigenvalue weighted by molar-refractivity contribution is 5.80. The Kier molecular flexibility index (Phi) is 7.32. The summed E-state index contributed by atoms with van der Waals surface area (Å²) in [6.45, 7) is 5.59. The van der Waals surface area contributed by atoms with Gasteiger partial charge in [-0.2, -0.15) is 0 Å². The van der Waals surface area contributed by atoms with Crippen molar-refractivity contribution in [2.45, 2.75) is 33.0 Å². The molecule has 0 radical (unpaired) electrons. The van der Waals surface area contributed by atoms with Crippen molar-refractivity contribution in [2.24, 2.45) is 5.92 Å². The molecule has 1 unspecified atom stereocenters. The minimum Gasteiger partial charge on any atom is -0.354 e. The van der Waals surface area contributed by atoms with Gasteiger partial charge in [-0.15, -0.1) is 0 Å². The Balaban J connectivity index is 1.25. The Morgan fingerprint density at radius 3 is 2.16 bits per heavy atom. The lowest BCUT2D eigenvalue weighted by Crippen LogP contribution is -2.44. The Morgan fingerprint density at radius 1 is 0.811 bits per heavy atom. The summed E-state index contributed by atoms with van der Waals surface area (Å²) >= 11 is 0. The molecule has 2 heterocycles. The molecule has 7 nitrogen and oxygen atoms in total. The molecule has 37 heavy (non-hydrogen) atoms. The van der Waals surface area contributed by atoms with Gasteiger partial charge in [0.25, 0.3) is 0 Å². The first-order valence-electron chi connectivity index (χ1n) is 12.8. The van der Waals surface area contributed by atoms with Crippen LogP contribution in [-0.2, 0) is 24.4 Å². The van der Waals surface area contributed by atoms with Crippen LogP contribution in [0.3, 0.4) is 0 Å². The zero-order valence-electron chi connectivity index (χ0n) is 21.1. The highest BCUT2D eigenvalue weighted by Gasteiger charge is 2.23. The summed E-state index contributed by atoms with van der Waals surface area (Å²) < 4.78 is 2.79. The lowest BCUT2D eigenvalue weighted by Gasteiger charge is -2.17. The van der Waals surface area contributed by atoms with Gasteiger partial charge in [0.2, 0.25) is 5.91 Å². The molecule has 4 aromatic rings. The van der Waals surface area contributed by atoms with Crippen LogP contribution in [0.1, 0.15) is 23.1 Å². The van der Waals surface area contributed by atoms with Crippen molar-refractivity contribution in [1.82, 2.24) is 19.4 Å². The topological polar surface area (TPSA) is 76.3 Å². The van der Waals surface area contributed by atoms with Gasteiger partial charge in [-0.25, -0.2) is 0 Å². The minimum atomic E-state index is -0.685. The molecular weight excluding hydrogens is 464 g/mol. The van der Waals surface area contributed by atoms with E-state index >= 15 is 0 Å². The predicted molar refractivity (Wildman–Crippen MR) is 146 cm³/mol. The molecule has 1 aliphatic heterocycles. The van der Waals surface area contributed by atoms with Gasteiger partial charge in [-0.3, -0.25) is 28.4 Å². The SMILES string of the molecule is Cc1ccc(CN2CCC(CNC(=O)Cn3c(=O)c(=O)n(Cc4ccccc4)c4ccccc43)C2)cc1. The number of aromatic nitrogens is 2. The monoisotopic (exact) mass is 496 g/mol. The van der Waals surface area contributed by atoms with Crippen LogP contribution in [0.2, 0.25) is 0 Å². The molecule has 7 heteroatoms. The first-order chi connectivity index (χ1) is 18.0. The number of fused-ring (bicyclic) bond motifs is 1. The number of carbonyl (C=O) groups is 1. The molecule has 0 saturated carbocycles. The molecule has 5 rings (SSSR count). The smallest absolute Gasteiger partial charge is 0.317 e. The van der Waals surface area contributed by atoms with Crippen LogP contribution >= 0.6 is 0 Å². The molecule has 1 aliphatic rings. The number of para-hydroxylation sites is 2. The molecule has 190 valence electrons. The van der Waals surface area contributed by atoms with Gasteiger partial charge in [0, 0.05) is 19.6 Å². The van der Waals surface area contributed by atoms with Gasteiger partial charge in [0.05, 0.1) is 17.6 Å². The number of hydrogen-bond donors (Lipinski definition) is 1. The summed E-state index contributed by atoms with van der Waals surface area (Å²) in [5.74, 6) is 0.103. The average molecular weight is 497 g/mol. The molecule has 3 aromatic carbocycles. The third-order valence-corrected chi connectivity index (χ3v) is 7.11. The predicted octanol–water partition coefficient (Wildman–Crippen LogP) is 3.16. The second-order valence-electron chi connectivity index (χ2n) is 9.94. The van der Waals surface area contributed by atoms with E-state index in [9.17, 15) is 14.4 Å². The number of nitrogens with zero attached hydrogens (tertiary/aromatic N) is 3. The quantitative estimate of drug-likeness (QED) is 0.380. The zero-order valence-corrected chi connectivity index (χ0v) is 21.1. The van der Waals surface area contributed by atoms with E-state index in [0.29, 0.717) is 30.0 Å². The van der Waals surface area contributed by atoms with Crippen LogP contribution in [-0.4, -0.2) is 39.6 Å². The van der Waals surface area contributed by atoms with Crippen LogP contribution in [0.4, 0.5) is 0 Å². The maximum absolute atomic E-state index is 13.1. The first-order valence-corrected chi connectivity index (χ1v) is 12.8. The van der Waals surface area contributed by atoms with Crippen LogP contribution in [0.25, 0.3) is 11.0 Å². The highest BCUT2D eigenvalue weighted by Crippen LogP contribution is 2.18. The maximum Gasteiger partial charge on any atom is 0.317 e. The normalized spacial score (nSPS) is 15.8. The van der Waals surface area contributed by atoms with Crippen LogP contribution in [0.15, 0.2) is 88.5 Å². The van der Waals surface area contributed by atoms with Crippen molar-refractivity contribution in [3.63, 3.8) is 0 Å². The lowest BCUT2D eigenvalue weighted by atomic mass is 10.1. The summed E-state index contributed by atoms with van der Waals surface area (Å²) in [5.41, 5.74) is 3.37. The number of amides is 1. The molecule has 1 amide bonds. The highest BCUT2D eigenvalue weighted by atomic mass is 16.2. The summed E-state index contributed by atoms with van der Waals surface area (Å²) in [5, 5.41) is 3.00. The van der Waals surface area contributed by atoms with Crippen molar-refractivity contribution in [3.8, 4) is 0 Å². The van der Waals surface area contributed by atoms with Gasteiger partial charge in [-0.1, -0.05) is 72.3 Å². The summed E-state index contributed by atoms with van der Waals surface area (Å²) in [6.07, 6.45) is 1.02. The fourth-order valence-electron chi connectivity index (χ4n) is 5.08. The summed E-state index contributed by atoms with van der Waals surface area (Å²) in [4.78, 5) is 41.4. The molecule has 1 atom stereocenters. The molecule has 0 spiro atoms. The lowest BCUT2D eigenvalue weighted by molar-refractivity contribution is -0.121. The second kappa shape index (κ2) is 11.0. The van der Waals surface area contributed by atoms with E-state index in [1.54, 1.807) is 6.07 Å². The Morgan fingerprint density at radius 2 is 1.43 bits per heavy atom. The van der Waals surface area contributed by atoms with Gasteiger partial charge in [0.1, 0.15) is 6.54 Å². The van der Waals surface area contributed by atoms with E-state index in [0.717, 1.165) is 31.6 Å². The van der Waals surface area contributed by atoms with E-state index in [2.05, 4.69) is 41.4 Å². The van der Waals surface area contributed by atoms with Gasteiger partial charge in [0.15, 0.2) is 0 Å². The van der Waals surface area contributed by atoms with Crippen molar-refractivity contribution in [3.05, 3.63) is 116 Å². The largest absolute Gasteiger partial charge is 0.354 e. The van der Waals surface area contributed by atoms with E-state index in [1.165, 1.54) is 20.3 Å². The van der Waals surface area contributed by atoms with E-state index in [4.69, 9.17) is 0 Å². The molecule has 1 fully saturated rings. The number of benzene rings is 3. The van der Waals surface area contributed by atoms with Gasteiger partial charge >= 0.3 is 11.1 Å². The number of likely N-dealkylation sites (tertiary alicyclic amines) is 1. The van der Waals surface area contributed by atoms with Crippen molar-refractivity contribution in [2.75, 3.05) is 19.6 Å². The third kappa shape index (κ3) is 5.73. The number of rotatable bonds is 8. The van der Waals surface area contributed by atoms with Gasteiger partial charge < -0.3 is 5.32 Å². The number of nitrogens with one attached hydrogen (secondary N) is 1. The minimum absolute atomic E-state index is 0.180. The van der Waals surface area contributed by atoms with Crippen molar-refractivity contribution >= 4 is 16.9 Å². The third-order valence-electron chi connectivity index (χ3n) is 7.11. The Labute approximate surface area is 216 Å². The Bertz CT molecular complexity index is 1510. The number of carbonyl (C=O) groups excluding carboxylic acids is 1. The molecule has 0 bridgehead atoms. The zero-order chi connectivity index (χ0) is 25.8. The Hall–Kier alpha value is -3.97. The first kappa shape index (κ1) is 24.7. The van der Waals surface area contributed by atoms with Crippen LogP contribution < -0.4 is 16.4 Å². The fourth-order valence-corrected chi connectivity index (χ4v) is 5.08. The number of aryl methyl sites for hydroxylation is 1. The summed E-state index contributed by atoms with van der Waals surface area (Å²) in [7, 11) is 0. The van der Waals surface area contributed by atoms with E-state index in [-0.39, 0.29) is 12.5 Å². The molecular formula is C30H32N4O3. The summed E-state index contributed by atoms with van der Waals surface area (Å²) in [6, 6.07) is 25.4. The van der Waals surface area contributed by atoms with E-state index in [1.807, 2.05) is 48.5 Å².